The quantitative estimate of drug-likeness (QED) is 0.605. The molecule has 0 aliphatic carbocycles. The molecule has 2 heterocycles. The number of ether oxygens (including phenoxy) is 1. The summed E-state index contributed by atoms with van der Waals surface area (Å²) in [4.78, 5) is 39.9. The minimum Gasteiger partial charge on any atom is -0.452 e. The number of urea groups is 1. The summed E-state index contributed by atoms with van der Waals surface area (Å²) in [6, 6.07) is 13.7. The number of pyridine rings is 1. The fraction of sp³-hybridized carbons (Fsp3) is 0.190. The number of esters is 1. The number of hydrogen-bond acceptors (Lipinski definition) is 6. The Hall–Kier alpha value is -4.01. The minimum atomic E-state index is -0.735. The fourth-order valence-corrected chi connectivity index (χ4v) is 2.69. The summed E-state index contributed by atoms with van der Waals surface area (Å²) in [5.41, 5.74) is 2.85. The van der Waals surface area contributed by atoms with E-state index in [0.29, 0.717) is 5.82 Å². The lowest BCUT2D eigenvalue weighted by Gasteiger charge is -2.08. The van der Waals surface area contributed by atoms with Crippen molar-refractivity contribution >= 4 is 17.9 Å². The smallest absolute Gasteiger partial charge is 0.340 e. The van der Waals surface area contributed by atoms with Crippen LogP contribution >= 0.6 is 0 Å². The maximum absolute atomic E-state index is 12.1. The Kier molecular flexibility index (Phi) is 6.53. The molecule has 9 heteroatoms. The molecule has 0 bridgehead atoms. The Bertz CT molecular complexity index is 1050. The van der Waals surface area contributed by atoms with Crippen LogP contribution < -0.4 is 10.6 Å². The van der Waals surface area contributed by atoms with Crippen LogP contribution in [0, 0.1) is 13.8 Å². The Morgan fingerprint density at radius 3 is 2.47 bits per heavy atom. The first kappa shape index (κ1) is 20.7. The van der Waals surface area contributed by atoms with Crippen molar-refractivity contribution < 1.29 is 19.1 Å². The first-order valence-corrected chi connectivity index (χ1v) is 9.21. The molecule has 30 heavy (non-hydrogen) atoms. The molecule has 2 aromatic heterocycles. The van der Waals surface area contributed by atoms with Gasteiger partial charge in [-0.3, -0.25) is 10.1 Å². The maximum Gasteiger partial charge on any atom is 0.340 e. The Morgan fingerprint density at radius 2 is 1.83 bits per heavy atom. The van der Waals surface area contributed by atoms with Crippen molar-refractivity contribution in [2.24, 2.45) is 0 Å². The molecule has 2 N–H and O–H groups in total. The summed E-state index contributed by atoms with van der Waals surface area (Å²) in [7, 11) is 0. The van der Waals surface area contributed by atoms with Crippen molar-refractivity contribution in [3.63, 3.8) is 0 Å². The lowest BCUT2D eigenvalue weighted by atomic mass is 10.2. The van der Waals surface area contributed by atoms with Crippen LogP contribution in [0.3, 0.4) is 0 Å². The molecular weight excluding hydrogens is 386 g/mol. The van der Waals surface area contributed by atoms with Crippen molar-refractivity contribution in [2.45, 2.75) is 20.4 Å². The molecule has 154 valence electrons. The Labute approximate surface area is 173 Å². The number of aromatic nitrogens is 3. The maximum atomic E-state index is 12.1. The van der Waals surface area contributed by atoms with Crippen LogP contribution in [-0.2, 0) is 16.1 Å². The molecule has 0 saturated heterocycles. The van der Waals surface area contributed by atoms with Crippen LogP contribution in [0.1, 0.15) is 27.3 Å². The van der Waals surface area contributed by atoms with E-state index < -0.39 is 24.5 Å². The van der Waals surface area contributed by atoms with Crippen LogP contribution in [-0.4, -0.2) is 39.3 Å². The second kappa shape index (κ2) is 9.46. The van der Waals surface area contributed by atoms with Gasteiger partial charge in [0.25, 0.3) is 5.91 Å². The van der Waals surface area contributed by atoms with Gasteiger partial charge in [0.05, 0.1) is 11.3 Å². The number of carbonyl (C=O) groups excluding carboxylic acids is 3. The van der Waals surface area contributed by atoms with Gasteiger partial charge in [0.2, 0.25) is 0 Å². The summed E-state index contributed by atoms with van der Waals surface area (Å²) >= 11 is 0. The third-order valence-electron chi connectivity index (χ3n) is 4.09. The minimum absolute atomic E-state index is 0.182. The second-order valence-corrected chi connectivity index (χ2v) is 6.54. The van der Waals surface area contributed by atoms with Gasteiger partial charge in [0.1, 0.15) is 0 Å². The van der Waals surface area contributed by atoms with E-state index in [-0.39, 0.29) is 12.1 Å². The van der Waals surface area contributed by atoms with Gasteiger partial charge in [-0.1, -0.05) is 30.3 Å². The van der Waals surface area contributed by atoms with Gasteiger partial charge in [-0.25, -0.2) is 19.3 Å². The predicted octanol–water partition coefficient (Wildman–Crippen LogP) is 2.07. The van der Waals surface area contributed by atoms with E-state index in [1.165, 1.54) is 12.3 Å². The molecule has 0 fully saturated rings. The Balaban J connectivity index is 1.46. The summed E-state index contributed by atoms with van der Waals surface area (Å²) < 4.78 is 6.59. The molecular formula is C21H21N5O4. The molecule has 0 saturated carbocycles. The van der Waals surface area contributed by atoms with Gasteiger partial charge in [-0.15, -0.1) is 0 Å². The molecule has 0 aliphatic rings. The van der Waals surface area contributed by atoms with E-state index in [1.807, 2.05) is 50.2 Å². The largest absolute Gasteiger partial charge is 0.452 e. The number of carbonyl (C=O) groups is 3. The first-order chi connectivity index (χ1) is 14.4. The zero-order valence-electron chi connectivity index (χ0n) is 16.6. The van der Waals surface area contributed by atoms with Crippen molar-refractivity contribution in [3.05, 3.63) is 77.2 Å². The van der Waals surface area contributed by atoms with Gasteiger partial charge in [0.15, 0.2) is 12.4 Å². The second-order valence-electron chi connectivity index (χ2n) is 6.54. The predicted molar refractivity (Wildman–Crippen MR) is 108 cm³/mol. The number of benzene rings is 1. The van der Waals surface area contributed by atoms with Gasteiger partial charge >= 0.3 is 12.0 Å². The average molecular weight is 407 g/mol. The molecule has 0 aliphatic heterocycles. The van der Waals surface area contributed by atoms with Crippen LogP contribution in [0.5, 0.6) is 0 Å². The molecule has 3 aromatic rings. The van der Waals surface area contributed by atoms with Gasteiger partial charge < -0.3 is 10.1 Å². The summed E-state index contributed by atoms with van der Waals surface area (Å²) in [5.74, 6) is -0.895. The highest BCUT2D eigenvalue weighted by Gasteiger charge is 2.14. The SMILES string of the molecule is Cc1cc(C)n(-c2ccc(C(=O)OCC(=O)NC(=O)NCc3ccccc3)cn2)n1. The third kappa shape index (κ3) is 5.51. The van der Waals surface area contributed by atoms with E-state index >= 15 is 0 Å². The van der Waals surface area contributed by atoms with E-state index in [1.54, 1.807) is 10.7 Å². The summed E-state index contributed by atoms with van der Waals surface area (Å²) in [5, 5.41) is 8.97. The highest BCUT2D eigenvalue weighted by atomic mass is 16.5. The number of hydrogen-bond donors (Lipinski definition) is 2. The van der Waals surface area contributed by atoms with Crippen molar-refractivity contribution in [1.82, 2.24) is 25.4 Å². The fourth-order valence-electron chi connectivity index (χ4n) is 2.69. The highest BCUT2D eigenvalue weighted by molar-refractivity contribution is 5.96. The van der Waals surface area contributed by atoms with E-state index in [9.17, 15) is 14.4 Å². The zero-order valence-corrected chi connectivity index (χ0v) is 16.6. The lowest BCUT2D eigenvalue weighted by Crippen LogP contribution is -2.41. The lowest BCUT2D eigenvalue weighted by molar-refractivity contribution is -0.123. The van der Waals surface area contributed by atoms with Crippen molar-refractivity contribution in [3.8, 4) is 5.82 Å². The van der Waals surface area contributed by atoms with Crippen molar-refractivity contribution in [2.75, 3.05) is 6.61 Å². The first-order valence-electron chi connectivity index (χ1n) is 9.21. The van der Waals surface area contributed by atoms with Crippen LogP contribution in [0.15, 0.2) is 54.7 Å². The molecule has 0 unspecified atom stereocenters. The zero-order chi connectivity index (χ0) is 21.5. The average Bonchev–Trinajstić information content (AvgIpc) is 3.09. The summed E-state index contributed by atoms with van der Waals surface area (Å²) in [6.45, 7) is 3.46. The molecule has 3 amide bonds. The molecule has 9 nitrogen and oxygen atoms in total. The standard InChI is InChI=1S/C21H21N5O4/c1-14-10-15(2)26(25-14)18-9-8-17(12-22-18)20(28)30-13-19(27)24-21(29)23-11-16-6-4-3-5-7-16/h3-10,12H,11,13H2,1-2H3,(H2,23,24,27,29). The summed E-state index contributed by atoms with van der Waals surface area (Å²) in [6.07, 6.45) is 1.35. The highest BCUT2D eigenvalue weighted by Crippen LogP contribution is 2.10. The number of nitrogens with one attached hydrogen (secondary N) is 2. The molecule has 1 aromatic carbocycles. The molecule has 0 radical (unpaired) electrons. The van der Waals surface area contributed by atoms with Gasteiger partial charge in [-0.05, 0) is 37.6 Å². The number of rotatable bonds is 6. The van der Waals surface area contributed by atoms with Crippen molar-refractivity contribution in [1.29, 1.82) is 0 Å². The number of amides is 3. The number of aryl methyl sites for hydroxylation is 2. The van der Waals surface area contributed by atoms with Crippen LogP contribution in [0.4, 0.5) is 4.79 Å². The van der Waals surface area contributed by atoms with Crippen LogP contribution in [0.2, 0.25) is 0 Å². The third-order valence-corrected chi connectivity index (χ3v) is 4.09. The van der Waals surface area contributed by atoms with E-state index in [0.717, 1.165) is 17.0 Å². The normalized spacial score (nSPS) is 10.3. The van der Waals surface area contributed by atoms with E-state index in [4.69, 9.17) is 4.74 Å². The van der Waals surface area contributed by atoms with Crippen LogP contribution in [0.25, 0.3) is 5.82 Å². The molecule has 0 atom stereocenters. The number of nitrogens with zero attached hydrogens (tertiary/aromatic N) is 3. The Morgan fingerprint density at radius 1 is 1.07 bits per heavy atom. The topological polar surface area (TPSA) is 115 Å². The molecule has 3 rings (SSSR count). The number of imide groups is 1. The monoisotopic (exact) mass is 407 g/mol. The van der Waals surface area contributed by atoms with Gasteiger partial charge in [-0.2, -0.15) is 5.10 Å². The molecule has 0 spiro atoms. The van der Waals surface area contributed by atoms with Gasteiger partial charge in [0, 0.05) is 18.4 Å². The van der Waals surface area contributed by atoms with E-state index in [2.05, 4.69) is 20.7 Å².